The number of likely N-dealkylation sites (tertiary alicyclic amines) is 1. The van der Waals surface area contributed by atoms with E-state index in [9.17, 15) is 4.79 Å². The molecule has 108 valence electrons. The summed E-state index contributed by atoms with van der Waals surface area (Å²) in [7, 11) is 0. The first kappa shape index (κ1) is 13.6. The molecule has 1 heterocycles. The van der Waals surface area contributed by atoms with E-state index >= 15 is 0 Å². The zero-order chi connectivity index (χ0) is 14.0. The molecule has 0 unspecified atom stereocenters. The van der Waals surface area contributed by atoms with Crippen LogP contribution in [0.25, 0.3) is 0 Å². The fourth-order valence-corrected chi connectivity index (χ4v) is 2.68. The second-order valence-corrected chi connectivity index (χ2v) is 5.94. The van der Waals surface area contributed by atoms with E-state index in [0.29, 0.717) is 6.61 Å². The summed E-state index contributed by atoms with van der Waals surface area (Å²) in [6.07, 6.45) is 3.77. The lowest BCUT2D eigenvalue weighted by molar-refractivity contribution is -0.136. The van der Waals surface area contributed by atoms with E-state index in [2.05, 4.69) is 12.1 Å². The van der Waals surface area contributed by atoms with Crippen molar-refractivity contribution in [3.05, 3.63) is 35.9 Å². The SMILES string of the molecule is NC1(C(=O)N2CCC(OCc3ccccc3)CC2)CC1. The van der Waals surface area contributed by atoms with Gasteiger partial charge in [-0.2, -0.15) is 0 Å². The van der Waals surface area contributed by atoms with E-state index in [0.717, 1.165) is 38.8 Å². The van der Waals surface area contributed by atoms with Gasteiger partial charge >= 0.3 is 0 Å². The van der Waals surface area contributed by atoms with Crippen LogP contribution >= 0.6 is 0 Å². The smallest absolute Gasteiger partial charge is 0.242 e. The highest BCUT2D eigenvalue weighted by Crippen LogP contribution is 2.35. The number of amides is 1. The first-order chi connectivity index (χ1) is 9.67. The summed E-state index contributed by atoms with van der Waals surface area (Å²) in [5, 5.41) is 0. The largest absolute Gasteiger partial charge is 0.373 e. The minimum Gasteiger partial charge on any atom is -0.373 e. The molecule has 1 aliphatic heterocycles. The molecule has 0 aromatic heterocycles. The lowest BCUT2D eigenvalue weighted by Gasteiger charge is -2.33. The molecule has 4 heteroatoms. The van der Waals surface area contributed by atoms with E-state index < -0.39 is 5.54 Å². The van der Waals surface area contributed by atoms with Crippen molar-refractivity contribution in [3.63, 3.8) is 0 Å². The van der Waals surface area contributed by atoms with Gasteiger partial charge in [0.05, 0.1) is 18.2 Å². The number of piperidine rings is 1. The quantitative estimate of drug-likeness (QED) is 0.909. The Kier molecular flexibility index (Phi) is 3.76. The third-order valence-corrected chi connectivity index (χ3v) is 4.27. The Labute approximate surface area is 119 Å². The van der Waals surface area contributed by atoms with Crippen LogP contribution in [0.15, 0.2) is 30.3 Å². The molecular formula is C16H22N2O2. The molecule has 0 atom stereocenters. The van der Waals surface area contributed by atoms with Crippen molar-refractivity contribution in [2.45, 2.75) is 43.9 Å². The Morgan fingerprint density at radius 1 is 1.25 bits per heavy atom. The van der Waals surface area contributed by atoms with Crippen LogP contribution in [0.5, 0.6) is 0 Å². The number of hydrogen-bond donors (Lipinski definition) is 1. The summed E-state index contributed by atoms with van der Waals surface area (Å²) in [6.45, 7) is 2.20. The Balaban J connectivity index is 1.43. The van der Waals surface area contributed by atoms with Gasteiger partial charge in [-0.3, -0.25) is 4.79 Å². The number of nitrogens with two attached hydrogens (primary N) is 1. The molecule has 20 heavy (non-hydrogen) atoms. The molecular weight excluding hydrogens is 252 g/mol. The van der Waals surface area contributed by atoms with Gasteiger partial charge in [0.2, 0.25) is 5.91 Å². The van der Waals surface area contributed by atoms with E-state index in [1.54, 1.807) is 0 Å². The van der Waals surface area contributed by atoms with Crippen molar-refractivity contribution < 1.29 is 9.53 Å². The second kappa shape index (κ2) is 5.54. The minimum atomic E-state index is -0.530. The van der Waals surface area contributed by atoms with Gasteiger partial charge in [0.15, 0.2) is 0 Å². The summed E-state index contributed by atoms with van der Waals surface area (Å²) >= 11 is 0. The normalized spacial score (nSPS) is 21.8. The highest BCUT2D eigenvalue weighted by molar-refractivity contribution is 5.89. The molecule has 1 aromatic rings. The minimum absolute atomic E-state index is 0.138. The van der Waals surface area contributed by atoms with Gasteiger partial charge < -0.3 is 15.4 Å². The summed E-state index contributed by atoms with van der Waals surface area (Å²) in [6, 6.07) is 10.2. The molecule has 2 N–H and O–H groups in total. The molecule has 2 fully saturated rings. The van der Waals surface area contributed by atoms with E-state index in [-0.39, 0.29) is 12.0 Å². The number of hydrogen-bond acceptors (Lipinski definition) is 3. The van der Waals surface area contributed by atoms with Gasteiger partial charge in [0.1, 0.15) is 0 Å². The lowest BCUT2D eigenvalue weighted by Crippen LogP contribution is -2.49. The van der Waals surface area contributed by atoms with Crippen LogP contribution in [0.3, 0.4) is 0 Å². The monoisotopic (exact) mass is 274 g/mol. The van der Waals surface area contributed by atoms with Crippen LogP contribution in [-0.2, 0) is 16.1 Å². The van der Waals surface area contributed by atoms with Gasteiger partial charge in [0, 0.05) is 13.1 Å². The number of benzene rings is 1. The molecule has 3 rings (SSSR count). The Hall–Kier alpha value is -1.39. The van der Waals surface area contributed by atoms with Gasteiger partial charge in [-0.05, 0) is 31.2 Å². The van der Waals surface area contributed by atoms with E-state index in [4.69, 9.17) is 10.5 Å². The molecule has 0 spiro atoms. The van der Waals surface area contributed by atoms with Crippen molar-refractivity contribution in [1.82, 2.24) is 4.90 Å². The van der Waals surface area contributed by atoms with E-state index in [1.165, 1.54) is 5.56 Å². The Morgan fingerprint density at radius 2 is 1.90 bits per heavy atom. The Bertz CT molecular complexity index is 463. The van der Waals surface area contributed by atoms with Gasteiger partial charge in [0.25, 0.3) is 0 Å². The summed E-state index contributed by atoms with van der Waals surface area (Å²) < 4.78 is 5.93. The molecule has 0 radical (unpaired) electrons. The molecule has 1 saturated heterocycles. The average molecular weight is 274 g/mol. The lowest BCUT2D eigenvalue weighted by atomic mass is 10.1. The first-order valence-electron chi connectivity index (χ1n) is 7.41. The van der Waals surface area contributed by atoms with Crippen LogP contribution in [0, 0.1) is 0 Å². The third-order valence-electron chi connectivity index (χ3n) is 4.27. The number of nitrogens with zero attached hydrogens (tertiary/aromatic N) is 1. The number of carbonyl (C=O) groups excluding carboxylic acids is 1. The number of carbonyl (C=O) groups is 1. The topological polar surface area (TPSA) is 55.6 Å². The maximum Gasteiger partial charge on any atom is 0.242 e. The maximum atomic E-state index is 12.1. The van der Waals surface area contributed by atoms with Crippen molar-refractivity contribution in [2.24, 2.45) is 5.73 Å². The molecule has 1 saturated carbocycles. The van der Waals surface area contributed by atoms with Crippen molar-refractivity contribution in [1.29, 1.82) is 0 Å². The fourth-order valence-electron chi connectivity index (χ4n) is 2.68. The summed E-state index contributed by atoms with van der Waals surface area (Å²) in [5.41, 5.74) is 6.64. The third kappa shape index (κ3) is 3.02. The molecule has 1 aromatic carbocycles. The Morgan fingerprint density at radius 3 is 2.50 bits per heavy atom. The zero-order valence-corrected chi connectivity index (χ0v) is 11.8. The van der Waals surface area contributed by atoms with Crippen molar-refractivity contribution in [2.75, 3.05) is 13.1 Å². The molecule has 1 amide bonds. The molecule has 4 nitrogen and oxygen atoms in total. The highest BCUT2D eigenvalue weighted by atomic mass is 16.5. The predicted molar refractivity (Wildman–Crippen MR) is 77.0 cm³/mol. The molecule has 2 aliphatic rings. The zero-order valence-electron chi connectivity index (χ0n) is 11.8. The van der Waals surface area contributed by atoms with Crippen LogP contribution in [0.2, 0.25) is 0 Å². The molecule has 0 bridgehead atoms. The summed E-state index contributed by atoms with van der Waals surface area (Å²) in [5.74, 6) is 0.138. The molecule has 1 aliphatic carbocycles. The van der Waals surface area contributed by atoms with Crippen LogP contribution in [0.4, 0.5) is 0 Å². The standard InChI is InChI=1S/C16H22N2O2/c17-16(8-9-16)15(19)18-10-6-14(7-11-18)20-12-13-4-2-1-3-5-13/h1-5,14H,6-12,17H2. The highest BCUT2D eigenvalue weighted by Gasteiger charge is 2.48. The van der Waals surface area contributed by atoms with Gasteiger partial charge in [-0.1, -0.05) is 30.3 Å². The van der Waals surface area contributed by atoms with Crippen molar-refractivity contribution in [3.8, 4) is 0 Å². The van der Waals surface area contributed by atoms with Crippen molar-refractivity contribution >= 4 is 5.91 Å². The average Bonchev–Trinajstić information content (AvgIpc) is 3.25. The van der Waals surface area contributed by atoms with E-state index in [1.807, 2.05) is 23.1 Å². The van der Waals surface area contributed by atoms with Gasteiger partial charge in [-0.25, -0.2) is 0 Å². The van der Waals surface area contributed by atoms with Crippen LogP contribution < -0.4 is 5.73 Å². The first-order valence-corrected chi connectivity index (χ1v) is 7.41. The fraction of sp³-hybridized carbons (Fsp3) is 0.562. The predicted octanol–water partition coefficient (Wildman–Crippen LogP) is 1.69. The van der Waals surface area contributed by atoms with Crippen LogP contribution in [0.1, 0.15) is 31.2 Å². The summed E-state index contributed by atoms with van der Waals surface area (Å²) in [4.78, 5) is 14.0. The number of rotatable bonds is 4. The number of ether oxygens (including phenoxy) is 1. The maximum absolute atomic E-state index is 12.1. The van der Waals surface area contributed by atoms with Crippen LogP contribution in [-0.4, -0.2) is 35.5 Å². The second-order valence-electron chi connectivity index (χ2n) is 5.94. The van der Waals surface area contributed by atoms with Gasteiger partial charge in [-0.15, -0.1) is 0 Å².